The first kappa shape index (κ1) is 76.5. The zero-order valence-electron chi connectivity index (χ0n) is 59.0. The predicted molar refractivity (Wildman–Crippen MR) is 383 cm³/mol. The molecular formula is C73H88N11O20PS. The zero-order chi connectivity index (χ0) is 75.5. The fraction of sp³-hybridized carbons (Fsp3) is 0.507. The van der Waals surface area contributed by atoms with E-state index in [0.29, 0.717) is 95.3 Å². The number of aliphatic carboxylic acids is 1. The molecule has 6 amide bonds. The second-order valence-electron chi connectivity index (χ2n) is 29.6. The molecule has 33 heteroatoms. The van der Waals surface area contributed by atoms with E-state index in [-0.39, 0.29) is 129 Å². The highest BCUT2D eigenvalue weighted by Gasteiger charge is 2.66. The van der Waals surface area contributed by atoms with Gasteiger partial charge in [0.15, 0.2) is 16.9 Å². The minimum absolute atomic E-state index is 0.0173. The van der Waals surface area contributed by atoms with Gasteiger partial charge in [-0.1, -0.05) is 49.8 Å². The summed E-state index contributed by atoms with van der Waals surface area (Å²) in [6, 6.07) is 17.3. The molecule has 6 aromatic rings. The molecular weight excluding hydrogens is 1410 g/mol. The molecule has 0 radical (unpaired) electrons. The topological polar surface area (TPSA) is 434 Å². The first-order valence-corrected chi connectivity index (χ1v) is 38.2. The number of aromatic carboxylic acids is 1. The molecule has 4 saturated carbocycles. The average Bonchev–Trinajstić information content (AvgIpc) is 0.755. The van der Waals surface area contributed by atoms with Crippen LogP contribution in [0.2, 0.25) is 0 Å². The number of imide groups is 1. The zero-order valence-corrected chi connectivity index (χ0v) is 60.7. The van der Waals surface area contributed by atoms with Gasteiger partial charge in [0.2, 0.25) is 18.1 Å². The van der Waals surface area contributed by atoms with Crippen LogP contribution < -0.4 is 25.6 Å². The highest BCUT2D eigenvalue weighted by molar-refractivity contribution is 7.51. The number of fused-ring (bicyclic) bond motifs is 2. The lowest BCUT2D eigenvalue weighted by Crippen LogP contribution is -2.64. The Labute approximate surface area is 613 Å². The summed E-state index contributed by atoms with van der Waals surface area (Å²) in [5, 5.41) is 65.7. The van der Waals surface area contributed by atoms with E-state index in [1.807, 2.05) is 40.8 Å². The SMILES string of the molecule is Cc1c(-c2ccc(N3CCc4cccc(C(=O)Nc5nc6cccnc6s5)c4C3)nc2C(=O)O)cnn1CC12CC3(C)CC(C)(C1)CC(OCCN(CCCP(=O)(O)O)C(=O)OCCCc1ccc(O[C@@H]4O[C@H](C(=O)O)[C@@H](O)[C@H](O)[C@H]4O)c(NC(=O)CCNC(=O)CCCCCN4C(=O)C=CC4=O)c1)(C3)C2. The highest BCUT2D eigenvalue weighted by atomic mass is 32.1. The maximum atomic E-state index is 14.0. The van der Waals surface area contributed by atoms with E-state index in [0.717, 1.165) is 53.8 Å². The Morgan fingerprint density at radius 2 is 1.58 bits per heavy atom. The van der Waals surface area contributed by atoms with Crippen LogP contribution in [-0.4, -0.2) is 206 Å². The third-order valence-corrected chi connectivity index (χ3v) is 22.6. The number of pyridine rings is 2. The molecule has 4 aliphatic carbocycles. The summed E-state index contributed by atoms with van der Waals surface area (Å²) < 4.78 is 38.1. The van der Waals surface area contributed by atoms with Crippen LogP contribution in [0.15, 0.2) is 85.2 Å². The van der Waals surface area contributed by atoms with E-state index in [2.05, 4.69) is 39.8 Å². The van der Waals surface area contributed by atoms with Crippen molar-refractivity contribution in [2.75, 3.05) is 67.6 Å². The third kappa shape index (κ3) is 17.8. The molecule has 0 spiro atoms. The summed E-state index contributed by atoms with van der Waals surface area (Å²) in [5.74, 6) is -4.54. The number of ether oxygens (including phenoxy) is 4. The van der Waals surface area contributed by atoms with E-state index in [9.17, 15) is 78.2 Å². The van der Waals surface area contributed by atoms with Crippen molar-refractivity contribution in [2.24, 2.45) is 16.2 Å². The molecule has 3 aliphatic heterocycles. The van der Waals surface area contributed by atoms with Gasteiger partial charge in [-0.05, 0) is 159 Å². The number of carbonyl (C=O) groups excluding carboxylic acids is 6. The van der Waals surface area contributed by atoms with Gasteiger partial charge in [-0.25, -0.2) is 29.3 Å². The molecule has 7 atom stereocenters. The summed E-state index contributed by atoms with van der Waals surface area (Å²) in [6.45, 7) is 8.02. The summed E-state index contributed by atoms with van der Waals surface area (Å²) in [6.07, 6.45) is 2.29. The quantitative estimate of drug-likeness (QED) is 0.0119. The van der Waals surface area contributed by atoms with Crippen molar-refractivity contribution in [3.8, 4) is 16.9 Å². The number of unbranched alkanes of at least 4 members (excludes halogenated alkanes) is 2. The number of carbonyl (C=O) groups is 8. The van der Waals surface area contributed by atoms with E-state index < -0.39 is 74.0 Å². The number of thiazole rings is 1. The number of aliphatic hydroxyl groups is 3. The maximum absolute atomic E-state index is 14.0. The average molecular weight is 1500 g/mol. The number of aryl methyl sites for hydroxylation is 1. The van der Waals surface area contributed by atoms with Gasteiger partial charge in [-0.3, -0.25) is 43.4 Å². The molecule has 13 rings (SSSR count). The molecule has 106 heavy (non-hydrogen) atoms. The minimum Gasteiger partial charge on any atom is -0.479 e. The van der Waals surface area contributed by atoms with Crippen LogP contribution in [0.3, 0.4) is 0 Å². The van der Waals surface area contributed by atoms with Crippen LogP contribution in [0.1, 0.15) is 141 Å². The molecule has 2 aromatic carbocycles. The van der Waals surface area contributed by atoms with Gasteiger partial charge in [-0.15, -0.1) is 0 Å². The summed E-state index contributed by atoms with van der Waals surface area (Å²) in [4.78, 5) is 141. The standard InChI is InChI=1S/C73H88N11O20PS/c1-43-48(46-17-19-53(79-58(46)65(93)94)82-28-23-45-12-7-13-47(49(45)35-82)63(92)80-68-78-50-14-8-24-75-64(50)106-68)34-76-84(43)42-72-37-70(2)36-71(3,38-72)40-73(39-70,41-72)102-31-29-81(26-10-32-105(98,99)100)69(97)101-30-9-11-44-16-18-52(103-67-61(91)59(89)60(90)62(104-67)66(95)96)51(33-44)77-55(86)22-25-74-54(85)15-5-4-6-27-83-56(87)20-21-57(83)88/h7-8,12-14,16-21,24,33-34,59-62,67,89-91H,4-6,9-11,15,22-23,25-32,35-42H2,1-3H3,(H,74,85)(H,77,86)(H,93,94)(H,95,96)(H,78,80,92)(H2,98,99,100)/t59-,60-,61+,62-,67+,70?,71?,72?,73?/m0/s1. The molecule has 566 valence electrons. The number of amides is 6. The smallest absolute Gasteiger partial charge is 0.409 e. The number of carboxylic acids is 2. The lowest BCUT2D eigenvalue weighted by molar-refractivity contribution is -0.271. The largest absolute Gasteiger partial charge is 0.479 e. The van der Waals surface area contributed by atoms with Crippen LogP contribution in [0.5, 0.6) is 5.75 Å². The van der Waals surface area contributed by atoms with Crippen LogP contribution in [0.4, 0.5) is 21.4 Å². The number of rotatable bonds is 32. The molecule has 31 nitrogen and oxygen atoms in total. The summed E-state index contributed by atoms with van der Waals surface area (Å²) >= 11 is 1.28. The number of nitrogens with zero attached hydrogens (tertiary/aromatic N) is 8. The Kier molecular flexibility index (Phi) is 22.9. The van der Waals surface area contributed by atoms with Gasteiger partial charge in [-0.2, -0.15) is 5.10 Å². The Bertz CT molecular complexity index is 4380. The predicted octanol–water partition coefficient (Wildman–Crippen LogP) is 6.75. The molecule has 4 bridgehead atoms. The molecule has 2 unspecified atom stereocenters. The lowest BCUT2D eigenvalue weighted by Gasteiger charge is -2.69. The maximum Gasteiger partial charge on any atom is 0.409 e. The number of aromatic nitrogens is 5. The van der Waals surface area contributed by atoms with Crippen molar-refractivity contribution in [1.29, 1.82) is 0 Å². The summed E-state index contributed by atoms with van der Waals surface area (Å²) in [7, 11) is -4.45. The molecule has 4 aromatic heterocycles. The fourth-order valence-electron chi connectivity index (χ4n) is 17.2. The van der Waals surface area contributed by atoms with Gasteiger partial charge >= 0.3 is 25.6 Å². The number of anilines is 3. The van der Waals surface area contributed by atoms with E-state index >= 15 is 0 Å². The number of benzene rings is 2. The van der Waals surface area contributed by atoms with Crippen molar-refractivity contribution in [1.82, 2.24) is 39.8 Å². The van der Waals surface area contributed by atoms with Gasteiger partial charge in [0.1, 0.15) is 40.2 Å². The van der Waals surface area contributed by atoms with E-state index in [4.69, 9.17) is 29.0 Å². The number of hydrogen-bond donors (Lipinski definition) is 10. The second kappa shape index (κ2) is 31.8. The van der Waals surface area contributed by atoms with Crippen LogP contribution >= 0.6 is 18.9 Å². The Balaban J connectivity index is 0.670. The fourth-order valence-corrected chi connectivity index (χ4v) is 18.5. The highest BCUT2D eigenvalue weighted by Crippen LogP contribution is 2.72. The normalized spacial score (nSPS) is 24.5. The first-order valence-electron chi connectivity index (χ1n) is 35.5. The van der Waals surface area contributed by atoms with Crippen molar-refractivity contribution >= 4 is 93.5 Å². The van der Waals surface area contributed by atoms with E-state index in [1.54, 1.807) is 36.7 Å². The van der Waals surface area contributed by atoms with Gasteiger partial charge in [0.05, 0.1) is 36.9 Å². The van der Waals surface area contributed by atoms with Crippen molar-refractivity contribution in [3.05, 3.63) is 119 Å². The van der Waals surface area contributed by atoms with Gasteiger partial charge in [0.25, 0.3) is 17.7 Å². The van der Waals surface area contributed by atoms with E-state index in [1.165, 1.54) is 40.5 Å². The van der Waals surface area contributed by atoms with Gasteiger partial charge < -0.3 is 74.7 Å². The van der Waals surface area contributed by atoms with Crippen LogP contribution in [0.25, 0.3) is 21.5 Å². The van der Waals surface area contributed by atoms with Gasteiger partial charge in [0, 0.05) is 99.4 Å². The Hall–Kier alpha value is -9.11. The number of hydrogen-bond acceptors (Lipinski definition) is 22. The molecule has 7 heterocycles. The van der Waals surface area contributed by atoms with Crippen molar-refractivity contribution in [3.63, 3.8) is 0 Å². The second-order valence-corrected chi connectivity index (χ2v) is 32.3. The van der Waals surface area contributed by atoms with Crippen molar-refractivity contribution < 1.29 is 97.2 Å². The molecule has 10 N–H and O–H groups in total. The number of nitrogens with one attached hydrogen (secondary N) is 3. The molecule has 1 saturated heterocycles. The number of aliphatic hydroxyl groups excluding tert-OH is 3. The monoisotopic (exact) mass is 1500 g/mol. The molecule has 5 fully saturated rings. The Morgan fingerprint density at radius 1 is 0.802 bits per heavy atom. The first-order chi connectivity index (χ1) is 50.5. The summed E-state index contributed by atoms with van der Waals surface area (Å²) in [5.41, 5.74) is 4.14. The molecule has 7 aliphatic rings. The third-order valence-electron chi connectivity index (χ3n) is 20.8. The minimum atomic E-state index is -4.45. The van der Waals surface area contributed by atoms with Crippen LogP contribution in [0, 0.1) is 23.2 Å². The number of carboxylic acid groups (broad SMARTS) is 2. The van der Waals surface area contributed by atoms with Crippen LogP contribution in [-0.2, 0) is 68.7 Å². The van der Waals surface area contributed by atoms with Crippen molar-refractivity contribution in [2.45, 2.75) is 166 Å². The lowest BCUT2D eigenvalue weighted by atomic mass is 9.39. The Morgan fingerprint density at radius 3 is 2.31 bits per heavy atom.